The molecule has 3 N–H and O–H groups in total. The first-order valence-electron chi connectivity index (χ1n) is 6.71. The molecular weight excluding hydrogens is 310 g/mol. The molecule has 1 aliphatic heterocycles. The van der Waals surface area contributed by atoms with Crippen LogP contribution in [0.25, 0.3) is 0 Å². The molecule has 0 bridgehead atoms. The van der Waals surface area contributed by atoms with E-state index in [0.717, 1.165) is 18.1 Å². The molecule has 1 aromatic carbocycles. The summed E-state index contributed by atoms with van der Waals surface area (Å²) >= 11 is 1.70. The first kappa shape index (κ1) is 17.8. The topological polar surface area (TPSA) is 70.2 Å². The summed E-state index contributed by atoms with van der Waals surface area (Å²) < 4.78 is 0. The predicted octanol–water partition coefficient (Wildman–Crippen LogP) is 1.85. The Kier molecular flexibility index (Phi) is 7.56. The number of halogens is 1. The second-order valence-electron chi connectivity index (χ2n) is 4.60. The molecule has 1 unspecified atom stereocenters. The Labute approximate surface area is 135 Å². The van der Waals surface area contributed by atoms with Gasteiger partial charge in [0.15, 0.2) is 0 Å². The number of anilines is 1. The molecule has 2 rings (SSSR count). The van der Waals surface area contributed by atoms with E-state index in [0.29, 0.717) is 17.8 Å². The molecule has 0 spiro atoms. The van der Waals surface area contributed by atoms with Gasteiger partial charge in [0.05, 0.1) is 6.04 Å². The minimum absolute atomic E-state index is 0. The average molecular weight is 330 g/mol. The lowest BCUT2D eigenvalue weighted by Crippen LogP contribution is -2.37. The van der Waals surface area contributed by atoms with Crippen molar-refractivity contribution in [3.8, 4) is 0 Å². The van der Waals surface area contributed by atoms with E-state index in [2.05, 4.69) is 16.0 Å². The van der Waals surface area contributed by atoms with Crippen LogP contribution in [0.3, 0.4) is 0 Å². The number of carbonyl (C=O) groups is 2. The van der Waals surface area contributed by atoms with E-state index in [-0.39, 0.29) is 30.3 Å². The molecule has 1 aromatic rings. The van der Waals surface area contributed by atoms with E-state index < -0.39 is 0 Å². The molecule has 5 nitrogen and oxygen atoms in total. The van der Waals surface area contributed by atoms with Crippen molar-refractivity contribution in [3.63, 3.8) is 0 Å². The standard InChI is InChI=1S/C14H19N3O2S.ClH/c1-2-6-15-13(18)10-4-3-5-11(7-10)17-14(19)12-8-20-9-16-12;/h3-5,7,12,16H,2,6,8-9H2,1H3,(H,15,18)(H,17,19);1H. The van der Waals surface area contributed by atoms with Crippen molar-refractivity contribution >= 4 is 41.7 Å². The fraction of sp³-hybridized carbons (Fsp3) is 0.429. The normalized spacial score (nSPS) is 16.9. The predicted molar refractivity (Wildman–Crippen MR) is 89.2 cm³/mol. The maximum Gasteiger partial charge on any atom is 0.251 e. The quantitative estimate of drug-likeness (QED) is 0.771. The van der Waals surface area contributed by atoms with Gasteiger partial charge in [-0.3, -0.25) is 14.9 Å². The lowest BCUT2D eigenvalue weighted by atomic mass is 10.1. The van der Waals surface area contributed by atoms with Crippen molar-refractivity contribution in [1.82, 2.24) is 10.6 Å². The van der Waals surface area contributed by atoms with Crippen molar-refractivity contribution in [2.75, 3.05) is 23.5 Å². The largest absolute Gasteiger partial charge is 0.352 e. The number of benzene rings is 1. The van der Waals surface area contributed by atoms with Gasteiger partial charge in [0.2, 0.25) is 5.91 Å². The summed E-state index contributed by atoms with van der Waals surface area (Å²) in [5.41, 5.74) is 1.21. The molecule has 1 saturated heterocycles. The van der Waals surface area contributed by atoms with Crippen LogP contribution in [0.4, 0.5) is 5.69 Å². The second kappa shape index (κ2) is 8.92. The molecule has 7 heteroatoms. The Hall–Kier alpha value is -1.24. The Morgan fingerprint density at radius 2 is 2.24 bits per heavy atom. The van der Waals surface area contributed by atoms with E-state index in [9.17, 15) is 9.59 Å². The highest BCUT2D eigenvalue weighted by Crippen LogP contribution is 2.14. The Balaban J connectivity index is 0.00000220. The molecule has 1 aliphatic rings. The molecule has 116 valence electrons. The Morgan fingerprint density at radius 3 is 2.90 bits per heavy atom. The highest BCUT2D eigenvalue weighted by molar-refractivity contribution is 7.99. The monoisotopic (exact) mass is 329 g/mol. The highest BCUT2D eigenvalue weighted by Gasteiger charge is 2.22. The van der Waals surface area contributed by atoms with Crippen LogP contribution in [-0.4, -0.2) is 36.0 Å². The van der Waals surface area contributed by atoms with Crippen LogP contribution < -0.4 is 16.0 Å². The zero-order valence-electron chi connectivity index (χ0n) is 11.8. The SMILES string of the molecule is CCCNC(=O)c1cccc(NC(=O)C2CSCN2)c1.Cl. The average Bonchev–Trinajstić information content (AvgIpc) is 2.99. The third-order valence-corrected chi connectivity index (χ3v) is 3.90. The fourth-order valence-corrected chi connectivity index (χ4v) is 2.81. The fourth-order valence-electron chi connectivity index (χ4n) is 1.87. The molecule has 0 aromatic heterocycles. The third-order valence-electron chi connectivity index (χ3n) is 2.96. The summed E-state index contributed by atoms with van der Waals surface area (Å²) in [6, 6.07) is 6.84. The number of amides is 2. The first-order chi connectivity index (χ1) is 9.70. The third kappa shape index (κ3) is 5.22. The summed E-state index contributed by atoms with van der Waals surface area (Å²) in [5.74, 6) is 1.42. The maximum atomic E-state index is 12.0. The molecule has 0 saturated carbocycles. The number of thioether (sulfide) groups is 1. The van der Waals surface area contributed by atoms with Crippen LogP contribution in [0.2, 0.25) is 0 Å². The van der Waals surface area contributed by atoms with Crippen molar-refractivity contribution in [2.45, 2.75) is 19.4 Å². The van der Waals surface area contributed by atoms with Crippen molar-refractivity contribution < 1.29 is 9.59 Å². The number of hydrogen-bond acceptors (Lipinski definition) is 4. The molecule has 1 heterocycles. The summed E-state index contributed by atoms with van der Waals surface area (Å²) in [6.07, 6.45) is 0.896. The molecule has 1 fully saturated rings. The molecule has 2 amide bonds. The lowest BCUT2D eigenvalue weighted by molar-refractivity contribution is -0.117. The van der Waals surface area contributed by atoms with E-state index in [1.807, 2.05) is 6.92 Å². The van der Waals surface area contributed by atoms with Crippen molar-refractivity contribution in [3.05, 3.63) is 29.8 Å². The molecule has 0 aliphatic carbocycles. The van der Waals surface area contributed by atoms with Gasteiger partial charge in [-0.1, -0.05) is 13.0 Å². The summed E-state index contributed by atoms with van der Waals surface area (Å²) in [5, 5.41) is 8.77. The first-order valence-corrected chi connectivity index (χ1v) is 7.86. The van der Waals surface area contributed by atoms with Crippen LogP contribution in [0.1, 0.15) is 23.7 Å². The van der Waals surface area contributed by atoms with Gasteiger partial charge in [-0.05, 0) is 24.6 Å². The lowest BCUT2D eigenvalue weighted by Gasteiger charge is -2.11. The zero-order valence-corrected chi connectivity index (χ0v) is 13.5. The van der Waals surface area contributed by atoms with Gasteiger partial charge in [0.1, 0.15) is 0 Å². The Bertz CT molecular complexity index is 493. The number of rotatable bonds is 5. The molecular formula is C14H20ClN3O2S. The van der Waals surface area contributed by atoms with Crippen LogP contribution in [0.15, 0.2) is 24.3 Å². The van der Waals surface area contributed by atoms with Crippen molar-refractivity contribution in [2.24, 2.45) is 0 Å². The summed E-state index contributed by atoms with van der Waals surface area (Å²) in [6.45, 7) is 2.65. The van der Waals surface area contributed by atoms with Gasteiger partial charge in [-0.2, -0.15) is 0 Å². The van der Waals surface area contributed by atoms with Crippen LogP contribution in [-0.2, 0) is 4.79 Å². The minimum atomic E-state index is -0.155. The van der Waals surface area contributed by atoms with Crippen LogP contribution in [0.5, 0.6) is 0 Å². The van der Waals surface area contributed by atoms with Crippen LogP contribution >= 0.6 is 24.2 Å². The smallest absolute Gasteiger partial charge is 0.251 e. The van der Waals surface area contributed by atoms with Crippen LogP contribution in [0, 0.1) is 0 Å². The zero-order chi connectivity index (χ0) is 14.4. The minimum Gasteiger partial charge on any atom is -0.352 e. The van der Waals surface area contributed by atoms with Gasteiger partial charge in [-0.15, -0.1) is 24.2 Å². The van der Waals surface area contributed by atoms with E-state index in [1.54, 1.807) is 36.0 Å². The molecule has 21 heavy (non-hydrogen) atoms. The summed E-state index contributed by atoms with van der Waals surface area (Å²) in [7, 11) is 0. The number of hydrogen-bond donors (Lipinski definition) is 3. The highest BCUT2D eigenvalue weighted by atomic mass is 35.5. The number of nitrogens with one attached hydrogen (secondary N) is 3. The second-order valence-corrected chi connectivity index (χ2v) is 5.63. The van der Waals surface area contributed by atoms with E-state index >= 15 is 0 Å². The summed E-state index contributed by atoms with van der Waals surface area (Å²) in [4.78, 5) is 23.8. The van der Waals surface area contributed by atoms with Gasteiger partial charge in [0, 0.05) is 29.4 Å². The maximum absolute atomic E-state index is 12.0. The van der Waals surface area contributed by atoms with Crippen molar-refractivity contribution in [1.29, 1.82) is 0 Å². The Morgan fingerprint density at radius 1 is 1.43 bits per heavy atom. The van der Waals surface area contributed by atoms with Gasteiger partial charge < -0.3 is 10.6 Å². The van der Waals surface area contributed by atoms with E-state index in [4.69, 9.17) is 0 Å². The van der Waals surface area contributed by atoms with Gasteiger partial charge >= 0.3 is 0 Å². The van der Waals surface area contributed by atoms with Gasteiger partial charge in [-0.25, -0.2) is 0 Å². The number of carbonyl (C=O) groups excluding carboxylic acids is 2. The molecule has 1 atom stereocenters. The van der Waals surface area contributed by atoms with E-state index in [1.165, 1.54) is 0 Å². The van der Waals surface area contributed by atoms with Gasteiger partial charge in [0.25, 0.3) is 5.91 Å². The molecule has 0 radical (unpaired) electrons.